The molecule has 0 amide bonds. The minimum Gasteiger partial charge on any atom is -1.00 e. The van der Waals surface area contributed by atoms with E-state index in [2.05, 4.69) is 64.7 Å². The summed E-state index contributed by atoms with van der Waals surface area (Å²) in [6, 6.07) is 1.07. The van der Waals surface area contributed by atoms with Crippen LogP contribution in [0.2, 0.25) is 110 Å². The van der Waals surface area contributed by atoms with E-state index in [1.54, 1.807) is 19.6 Å². The lowest BCUT2D eigenvalue weighted by molar-refractivity contribution is -0.367. The Bertz CT molecular complexity index is 587. The Labute approximate surface area is 306 Å². The molecule has 0 aromatic carbocycles. The van der Waals surface area contributed by atoms with Crippen molar-refractivity contribution in [2.24, 2.45) is 5.73 Å². The molecular formula is C28H93F7N2O4Si7. The molecule has 48 heavy (non-hydrogen) atoms. The van der Waals surface area contributed by atoms with Crippen molar-refractivity contribution in [2.45, 2.75) is 175 Å². The van der Waals surface area contributed by atoms with Gasteiger partial charge in [-0.25, -0.2) is 0 Å². The van der Waals surface area contributed by atoms with E-state index in [0.29, 0.717) is 19.5 Å². The minimum atomic E-state index is -3.72. The molecule has 0 bridgehead atoms. The number of nitrogens with two attached hydrogens (primary N) is 1. The van der Waals surface area contributed by atoms with Gasteiger partial charge < -0.3 is 38.1 Å². The minimum absolute atomic E-state index is 0. The van der Waals surface area contributed by atoms with Gasteiger partial charge in [-0.2, -0.15) is 0 Å². The van der Waals surface area contributed by atoms with Gasteiger partial charge in [-0.3, -0.25) is 21.1 Å². The van der Waals surface area contributed by atoms with E-state index < -0.39 is 59.6 Å². The summed E-state index contributed by atoms with van der Waals surface area (Å²) < 4.78 is 77.5. The molecule has 0 heterocycles. The summed E-state index contributed by atoms with van der Waals surface area (Å²) in [5.41, 5.74) is 9.15. The molecule has 0 spiro atoms. The van der Waals surface area contributed by atoms with Gasteiger partial charge in [0, 0.05) is 6.04 Å². The molecule has 1 atom stereocenters. The average Bonchev–Trinajstić information content (AvgIpc) is 2.50. The van der Waals surface area contributed by atoms with Crippen molar-refractivity contribution in [1.82, 2.24) is 0 Å². The fourth-order valence-corrected chi connectivity index (χ4v) is 21.8. The van der Waals surface area contributed by atoms with E-state index in [-0.39, 0.29) is 72.9 Å². The molecule has 7 N–H and O–H groups in total. The Morgan fingerprint density at radius 1 is 0.542 bits per heavy atom. The third-order valence-electron chi connectivity index (χ3n) is 3.24. The van der Waals surface area contributed by atoms with Crippen LogP contribution in [-0.2, 0) is 12.3 Å². The fourth-order valence-electron chi connectivity index (χ4n) is 2.91. The van der Waals surface area contributed by atoms with Crippen molar-refractivity contribution in [3.8, 4) is 0 Å². The van der Waals surface area contributed by atoms with Crippen LogP contribution in [0.3, 0.4) is 0 Å². The van der Waals surface area contributed by atoms with E-state index >= 15 is 0 Å². The van der Waals surface area contributed by atoms with Crippen LogP contribution >= 0.6 is 0 Å². The predicted octanol–water partition coefficient (Wildman–Crippen LogP) is 8.66. The van der Waals surface area contributed by atoms with Gasteiger partial charge in [0.1, 0.15) is 0 Å². The van der Waals surface area contributed by atoms with Gasteiger partial charge in [0.25, 0.3) is 0 Å². The Morgan fingerprint density at radius 2 is 0.812 bits per heavy atom. The van der Waals surface area contributed by atoms with Crippen molar-refractivity contribution in [3.05, 3.63) is 0 Å². The van der Waals surface area contributed by atoms with Crippen molar-refractivity contribution in [2.75, 3.05) is 13.1 Å². The van der Waals surface area contributed by atoms with Crippen LogP contribution in [0.5, 0.6) is 0 Å². The quantitative estimate of drug-likeness (QED) is 0.116. The number of hydrogen-bond acceptors (Lipinski definition) is 4. The average molecular weight is 852 g/mol. The number of hydrogen-bond donors (Lipinski definition) is 2. The second-order valence-electron chi connectivity index (χ2n) is 13.4. The van der Waals surface area contributed by atoms with Gasteiger partial charge in [0.05, 0.1) is 6.54 Å². The molecule has 0 aromatic rings. The first-order chi connectivity index (χ1) is 16.2. The van der Waals surface area contributed by atoms with Gasteiger partial charge in [-0.1, -0.05) is 52.0 Å². The molecule has 0 fully saturated rings. The highest BCUT2D eigenvalue weighted by molar-refractivity contribution is 6.89. The zero-order chi connectivity index (χ0) is 31.9. The van der Waals surface area contributed by atoms with Crippen LogP contribution in [0.1, 0.15) is 64.8 Å². The molecule has 20 heteroatoms. The van der Waals surface area contributed by atoms with Crippen molar-refractivity contribution in [1.29, 1.82) is 0 Å². The first-order valence-electron chi connectivity index (χ1n) is 13.3. The SMILES string of the molecule is C.C.C.C.C.C.C.C[Si](C)(C)F.C[Si](C)(C)O[Si](C)(C)O[Si](C)(CCCN)O[Si](C)(C)C.C[Si](C)(F)F.C[Si](F)(F)CCC[NH3+].F.O.[F-]. The number of halogens is 7. The normalized spacial score (nSPS) is 11.6. The Balaban J connectivity index is -0.0000000295. The van der Waals surface area contributed by atoms with Crippen LogP contribution in [0.15, 0.2) is 0 Å². The summed E-state index contributed by atoms with van der Waals surface area (Å²) in [6.45, 7) is 29.1. The zero-order valence-electron chi connectivity index (χ0n) is 28.4. The Hall–Kier alpha value is 0.788. The van der Waals surface area contributed by atoms with Crippen LogP contribution < -0.4 is 16.2 Å². The molecule has 0 rings (SSSR count). The van der Waals surface area contributed by atoms with Crippen molar-refractivity contribution < 1.29 is 53.5 Å². The second-order valence-corrected chi connectivity index (χ2v) is 39.3. The molecule has 316 valence electrons. The third-order valence-corrected chi connectivity index (χ3v) is 18.0. The van der Waals surface area contributed by atoms with E-state index in [0.717, 1.165) is 32.1 Å². The van der Waals surface area contributed by atoms with Gasteiger partial charge in [0.2, 0.25) is 8.41 Å². The standard InChI is InChI=1S/C12H35NO3Si4.C4H11F2NSi.C3H9FSi.C2H6F2Si.7CH4.2FH.H2O/c1-17(2,3)14-19(7,8)16-20(9,12-10-11-13)15-18(4,5)6;1-8(5,6)4-2-3-7;2*1-5(2,3)4;;;;;;;;;;/h10-13H2,1-9H3;2-4,7H2,1H3;1-3H3;1-2H3;7*1H4;2*1H;1H2. The number of quaternary nitrogens is 1. The maximum atomic E-state index is 12.0. The number of rotatable bonds is 12. The maximum absolute atomic E-state index is 12.0. The summed E-state index contributed by atoms with van der Waals surface area (Å²) >= 11 is 0. The first-order valence-corrected chi connectivity index (χ1v) is 34.0. The van der Waals surface area contributed by atoms with E-state index in [1.807, 2.05) is 0 Å². The molecule has 0 saturated carbocycles. The molecule has 0 aliphatic heterocycles. The van der Waals surface area contributed by atoms with Gasteiger partial charge in [-0.15, -0.1) is 0 Å². The molecular weight excluding hydrogens is 758 g/mol. The Kier molecular flexibility index (Phi) is 74.8. The fraction of sp³-hybridized carbons (Fsp3) is 1.00. The first kappa shape index (κ1) is 92.1. The highest BCUT2D eigenvalue weighted by Gasteiger charge is 2.44. The summed E-state index contributed by atoms with van der Waals surface area (Å²) in [5, 5.41) is 0. The molecule has 6 nitrogen and oxygen atoms in total. The largest absolute Gasteiger partial charge is 1.00 e. The summed E-state index contributed by atoms with van der Waals surface area (Å²) in [5.74, 6) is 0. The Morgan fingerprint density at radius 3 is 0.979 bits per heavy atom. The summed E-state index contributed by atoms with van der Waals surface area (Å²) in [7, 11) is -17.0. The lowest BCUT2D eigenvalue weighted by atomic mass is 10.5. The molecule has 0 aromatic heterocycles. The van der Waals surface area contributed by atoms with Crippen molar-refractivity contribution in [3.63, 3.8) is 0 Å². The van der Waals surface area contributed by atoms with E-state index in [1.165, 1.54) is 0 Å². The van der Waals surface area contributed by atoms with Crippen LogP contribution in [0, 0.1) is 0 Å². The van der Waals surface area contributed by atoms with Gasteiger partial charge in [-0.05, 0) is 124 Å². The van der Waals surface area contributed by atoms with Gasteiger partial charge >= 0.3 is 34.6 Å². The predicted molar refractivity (Wildman–Crippen MR) is 226 cm³/mol. The van der Waals surface area contributed by atoms with E-state index in [4.69, 9.17) is 18.1 Å². The monoisotopic (exact) mass is 851 g/mol. The summed E-state index contributed by atoms with van der Waals surface area (Å²) in [6.07, 6.45) is 1.54. The lowest BCUT2D eigenvalue weighted by Crippen LogP contribution is -3.00. The molecule has 1 unspecified atom stereocenters. The highest BCUT2D eigenvalue weighted by Crippen LogP contribution is 2.27. The summed E-state index contributed by atoms with van der Waals surface area (Å²) in [4.78, 5) is 0. The smallest absolute Gasteiger partial charge is 0.422 e. The van der Waals surface area contributed by atoms with Crippen LogP contribution in [0.25, 0.3) is 0 Å². The van der Waals surface area contributed by atoms with Crippen molar-refractivity contribution >= 4 is 59.6 Å². The van der Waals surface area contributed by atoms with Gasteiger partial charge in [0.15, 0.2) is 16.6 Å². The second kappa shape index (κ2) is 39.0. The van der Waals surface area contributed by atoms with Crippen LogP contribution in [-0.4, -0.2) is 78.2 Å². The zero-order valence-corrected chi connectivity index (χ0v) is 35.4. The molecule has 0 saturated heterocycles. The molecule has 0 aliphatic rings. The maximum Gasteiger partial charge on any atom is 0.422 e. The van der Waals surface area contributed by atoms with Crippen LogP contribution in [0.4, 0.5) is 25.2 Å². The lowest BCUT2D eigenvalue weighted by Gasteiger charge is -2.41. The molecule has 0 aliphatic carbocycles. The molecule has 0 radical (unpaired) electrons. The third kappa shape index (κ3) is 118. The highest BCUT2D eigenvalue weighted by atomic mass is 28.5. The topological polar surface area (TPSA) is 113 Å². The van der Waals surface area contributed by atoms with E-state index in [9.17, 15) is 20.5 Å².